The average Bonchev–Trinajstić information content (AvgIpc) is 2.82. The molecule has 2 rings (SSSR count). The zero-order valence-corrected chi connectivity index (χ0v) is 10.8. The maximum atomic E-state index is 4.64. The highest BCUT2D eigenvalue weighted by molar-refractivity contribution is 7.99. The molecule has 0 aromatic carbocycles. The fraction of sp³-hybridized carbons (Fsp3) is 0.667. The molecule has 0 bridgehead atoms. The second-order valence-electron chi connectivity index (χ2n) is 3.99. The van der Waals surface area contributed by atoms with Crippen molar-refractivity contribution in [3.63, 3.8) is 0 Å². The van der Waals surface area contributed by atoms with Crippen LogP contribution in [0.2, 0.25) is 0 Å². The standard InChI is InChI=1S/C12H19N3S/c1-3-9-8-11(13-4-2)15-12(14-9)10-6-5-7-16-10/h8,10H,3-7H2,1-2H3,(H,13,14,15). The highest BCUT2D eigenvalue weighted by Crippen LogP contribution is 2.38. The van der Waals surface area contributed by atoms with E-state index in [2.05, 4.69) is 35.2 Å². The van der Waals surface area contributed by atoms with Crippen molar-refractivity contribution >= 4 is 17.6 Å². The van der Waals surface area contributed by atoms with Crippen LogP contribution in [0.3, 0.4) is 0 Å². The SMILES string of the molecule is CCNc1cc(CC)nc(C2CCCS2)n1. The fourth-order valence-electron chi connectivity index (χ4n) is 1.90. The van der Waals surface area contributed by atoms with E-state index in [9.17, 15) is 0 Å². The average molecular weight is 237 g/mol. The van der Waals surface area contributed by atoms with Gasteiger partial charge in [0.1, 0.15) is 11.6 Å². The van der Waals surface area contributed by atoms with E-state index in [1.54, 1.807) is 0 Å². The minimum absolute atomic E-state index is 0.518. The summed E-state index contributed by atoms with van der Waals surface area (Å²) >= 11 is 1.99. The van der Waals surface area contributed by atoms with Gasteiger partial charge in [-0.2, -0.15) is 11.8 Å². The van der Waals surface area contributed by atoms with Gasteiger partial charge >= 0.3 is 0 Å². The zero-order chi connectivity index (χ0) is 11.4. The van der Waals surface area contributed by atoms with E-state index in [4.69, 9.17) is 0 Å². The Balaban J connectivity index is 2.24. The van der Waals surface area contributed by atoms with Gasteiger partial charge in [0.25, 0.3) is 0 Å². The molecule has 0 spiro atoms. The van der Waals surface area contributed by atoms with E-state index in [0.29, 0.717) is 5.25 Å². The van der Waals surface area contributed by atoms with Crippen molar-refractivity contribution in [3.8, 4) is 0 Å². The molecule has 3 nitrogen and oxygen atoms in total. The van der Waals surface area contributed by atoms with Gasteiger partial charge in [0, 0.05) is 18.3 Å². The molecular formula is C12H19N3S. The summed E-state index contributed by atoms with van der Waals surface area (Å²) in [5.74, 6) is 3.26. The van der Waals surface area contributed by atoms with E-state index in [1.807, 2.05) is 11.8 Å². The van der Waals surface area contributed by atoms with E-state index < -0.39 is 0 Å². The quantitative estimate of drug-likeness (QED) is 0.873. The van der Waals surface area contributed by atoms with Crippen LogP contribution >= 0.6 is 11.8 Å². The lowest BCUT2D eigenvalue weighted by Crippen LogP contribution is -2.07. The van der Waals surface area contributed by atoms with Gasteiger partial charge in [-0.25, -0.2) is 9.97 Å². The van der Waals surface area contributed by atoms with Crippen LogP contribution in [-0.2, 0) is 6.42 Å². The molecule has 0 amide bonds. The van der Waals surface area contributed by atoms with Crippen LogP contribution in [0.25, 0.3) is 0 Å². The second kappa shape index (κ2) is 5.53. The van der Waals surface area contributed by atoms with Crippen molar-refractivity contribution in [3.05, 3.63) is 17.6 Å². The first-order valence-electron chi connectivity index (χ1n) is 6.06. The third kappa shape index (κ3) is 2.67. The number of aromatic nitrogens is 2. The normalized spacial score (nSPS) is 20.0. The number of rotatable bonds is 4. The molecule has 1 aliphatic heterocycles. The van der Waals surface area contributed by atoms with Crippen LogP contribution in [0.5, 0.6) is 0 Å². The van der Waals surface area contributed by atoms with Crippen molar-refractivity contribution in [1.29, 1.82) is 0 Å². The van der Waals surface area contributed by atoms with Crippen LogP contribution in [0.4, 0.5) is 5.82 Å². The van der Waals surface area contributed by atoms with Crippen LogP contribution in [-0.4, -0.2) is 22.3 Å². The summed E-state index contributed by atoms with van der Waals surface area (Å²) < 4.78 is 0. The molecule has 1 unspecified atom stereocenters. The van der Waals surface area contributed by atoms with Gasteiger partial charge in [-0.1, -0.05) is 6.92 Å². The van der Waals surface area contributed by atoms with Gasteiger partial charge in [0.05, 0.1) is 5.25 Å². The molecule has 1 atom stereocenters. The van der Waals surface area contributed by atoms with Crippen molar-refractivity contribution in [2.75, 3.05) is 17.6 Å². The summed E-state index contributed by atoms with van der Waals surface area (Å²) in [6.45, 7) is 5.15. The maximum absolute atomic E-state index is 4.64. The van der Waals surface area contributed by atoms with E-state index in [-0.39, 0.29) is 0 Å². The Morgan fingerprint density at radius 1 is 1.44 bits per heavy atom. The molecule has 1 aliphatic rings. The Morgan fingerprint density at radius 2 is 2.31 bits per heavy atom. The number of nitrogens with zero attached hydrogens (tertiary/aromatic N) is 2. The molecule has 1 aromatic heterocycles. The molecular weight excluding hydrogens is 218 g/mol. The van der Waals surface area contributed by atoms with Crippen LogP contribution in [0, 0.1) is 0 Å². The molecule has 1 aromatic rings. The third-order valence-electron chi connectivity index (χ3n) is 2.73. The summed E-state index contributed by atoms with van der Waals surface area (Å²) in [5.41, 5.74) is 1.15. The van der Waals surface area contributed by atoms with Gasteiger partial charge in [0.2, 0.25) is 0 Å². The van der Waals surface area contributed by atoms with Gasteiger partial charge in [-0.15, -0.1) is 0 Å². The number of nitrogens with one attached hydrogen (secondary N) is 1. The van der Waals surface area contributed by atoms with Crippen LogP contribution in [0.1, 0.15) is 43.5 Å². The Kier molecular flexibility index (Phi) is 4.04. The first-order chi connectivity index (χ1) is 7.83. The number of hydrogen-bond donors (Lipinski definition) is 1. The summed E-state index contributed by atoms with van der Waals surface area (Å²) in [6.07, 6.45) is 3.50. The van der Waals surface area contributed by atoms with Crippen molar-refractivity contribution in [2.24, 2.45) is 0 Å². The lowest BCUT2D eigenvalue weighted by molar-refractivity contribution is 0.766. The van der Waals surface area contributed by atoms with E-state index >= 15 is 0 Å². The van der Waals surface area contributed by atoms with E-state index in [1.165, 1.54) is 18.6 Å². The molecule has 0 saturated carbocycles. The predicted molar refractivity (Wildman–Crippen MR) is 70.0 cm³/mol. The lowest BCUT2D eigenvalue weighted by atomic mass is 10.2. The van der Waals surface area contributed by atoms with Crippen molar-refractivity contribution < 1.29 is 0 Å². The van der Waals surface area contributed by atoms with Gasteiger partial charge < -0.3 is 5.32 Å². The van der Waals surface area contributed by atoms with E-state index in [0.717, 1.165) is 30.3 Å². The second-order valence-corrected chi connectivity index (χ2v) is 5.30. The summed E-state index contributed by atoms with van der Waals surface area (Å²) in [6, 6.07) is 2.06. The molecule has 0 radical (unpaired) electrons. The fourth-order valence-corrected chi connectivity index (χ4v) is 3.10. The third-order valence-corrected chi connectivity index (χ3v) is 4.11. The molecule has 1 fully saturated rings. The molecule has 0 aliphatic carbocycles. The first kappa shape index (κ1) is 11.7. The molecule has 88 valence electrons. The molecule has 4 heteroatoms. The zero-order valence-electron chi connectivity index (χ0n) is 9.99. The topological polar surface area (TPSA) is 37.8 Å². The van der Waals surface area contributed by atoms with Crippen molar-refractivity contribution in [1.82, 2.24) is 9.97 Å². The van der Waals surface area contributed by atoms with Gasteiger partial charge in [-0.3, -0.25) is 0 Å². The summed E-state index contributed by atoms with van der Waals surface area (Å²) in [4.78, 5) is 9.25. The number of aryl methyl sites for hydroxylation is 1. The first-order valence-corrected chi connectivity index (χ1v) is 7.11. The molecule has 16 heavy (non-hydrogen) atoms. The largest absolute Gasteiger partial charge is 0.370 e. The molecule has 2 heterocycles. The lowest BCUT2D eigenvalue weighted by Gasteiger charge is -2.11. The van der Waals surface area contributed by atoms with Crippen molar-refractivity contribution in [2.45, 2.75) is 38.4 Å². The minimum atomic E-state index is 0.518. The highest BCUT2D eigenvalue weighted by atomic mass is 32.2. The summed E-state index contributed by atoms with van der Waals surface area (Å²) in [5, 5.41) is 3.80. The number of thioether (sulfide) groups is 1. The smallest absolute Gasteiger partial charge is 0.143 e. The van der Waals surface area contributed by atoms with Crippen LogP contribution in [0.15, 0.2) is 6.07 Å². The van der Waals surface area contributed by atoms with Crippen LogP contribution < -0.4 is 5.32 Å². The minimum Gasteiger partial charge on any atom is -0.370 e. The Labute approximate surface area is 101 Å². The molecule has 1 N–H and O–H groups in total. The molecule has 1 saturated heterocycles. The Hall–Kier alpha value is -0.770. The van der Waals surface area contributed by atoms with Gasteiger partial charge in [0.15, 0.2) is 0 Å². The monoisotopic (exact) mass is 237 g/mol. The Bertz CT molecular complexity index is 348. The van der Waals surface area contributed by atoms with Gasteiger partial charge in [-0.05, 0) is 31.9 Å². The summed E-state index contributed by atoms with van der Waals surface area (Å²) in [7, 11) is 0. The highest BCUT2D eigenvalue weighted by Gasteiger charge is 2.21. The predicted octanol–water partition coefficient (Wildman–Crippen LogP) is 3.04. The number of anilines is 1. The Morgan fingerprint density at radius 3 is 2.94 bits per heavy atom. The number of hydrogen-bond acceptors (Lipinski definition) is 4. The maximum Gasteiger partial charge on any atom is 0.143 e.